The van der Waals surface area contributed by atoms with Crippen LogP contribution in [0.25, 0.3) is 0 Å². The summed E-state index contributed by atoms with van der Waals surface area (Å²) in [6, 6.07) is 0. The molecule has 0 rings (SSSR count). The third kappa shape index (κ3) is 16.6. The van der Waals surface area contributed by atoms with Crippen molar-refractivity contribution in [1.29, 1.82) is 0 Å². The van der Waals surface area contributed by atoms with Crippen molar-refractivity contribution in [2.75, 3.05) is 26.4 Å². The van der Waals surface area contributed by atoms with Gasteiger partial charge in [0.2, 0.25) is 6.29 Å². The van der Waals surface area contributed by atoms with E-state index in [-0.39, 0.29) is 13.2 Å². The van der Waals surface area contributed by atoms with Crippen molar-refractivity contribution in [3.05, 3.63) is 24.3 Å². The Balaban J connectivity index is 4.65. The topological polar surface area (TPSA) is 71.1 Å². The molecule has 0 aliphatic carbocycles. The van der Waals surface area contributed by atoms with E-state index in [4.69, 9.17) is 18.9 Å². The first-order valence-electron chi connectivity index (χ1n) is 11.9. The third-order valence-electron chi connectivity index (χ3n) is 4.36. The number of hydrogen-bond donors (Lipinski definition) is 0. The highest BCUT2D eigenvalue weighted by Gasteiger charge is 2.28. The number of carbonyl (C=O) groups is 2. The maximum atomic E-state index is 12.5. The molecule has 182 valence electrons. The van der Waals surface area contributed by atoms with Gasteiger partial charge in [-0.3, -0.25) is 9.59 Å². The van der Waals surface area contributed by atoms with Crippen LogP contribution in [-0.4, -0.2) is 44.7 Å². The fourth-order valence-electron chi connectivity index (χ4n) is 2.65. The molecule has 6 heteroatoms. The van der Waals surface area contributed by atoms with Gasteiger partial charge in [-0.25, -0.2) is 0 Å². The van der Waals surface area contributed by atoms with Gasteiger partial charge in [-0.15, -0.1) is 0 Å². The Bertz CT molecular complexity index is 561. The molecule has 0 saturated carbocycles. The van der Waals surface area contributed by atoms with Crippen molar-refractivity contribution in [2.24, 2.45) is 5.92 Å². The normalized spacial score (nSPS) is 11.3. The van der Waals surface area contributed by atoms with Gasteiger partial charge in [0.1, 0.15) is 13.2 Å². The number of hydrogen-bond acceptors (Lipinski definition) is 6. The average molecular weight is 451 g/mol. The average Bonchev–Trinajstić information content (AvgIpc) is 2.78. The Kier molecular flexibility index (Phi) is 20.7. The van der Waals surface area contributed by atoms with E-state index in [2.05, 4.69) is 25.7 Å². The molecule has 0 aliphatic rings. The second-order valence-electron chi connectivity index (χ2n) is 7.14. The minimum Gasteiger partial charge on any atom is -0.461 e. The highest BCUT2D eigenvalue weighted by molar-refractivity contribution is 5.94. The second-order valence-corrected chi connectivity index (χ2v) is 7.14. The summed E-state index contributed by atoms with van der Waals surface area (Å²) in [5.41, 5.74) is 0. The number of unbranched alkanes of at least 4 members (excludes halogenated alkanes) is 4. The molecule has 0 atom stereocenters. The molecule has 0 aromatic carbocycles. The van der Waals surface area contributed by atoms with Crippen LogP contribution in [0.4, 0.5) is 0 Å². The van der Waals surface area contributed by atoms with E-state index in [0.29, 0.717) is 32.5 Å². The minimum absolute atomic E-state index is 0.167. The molecule has 0 fully saturated rings. The fraction of sp³-hybridized carbons (Fsp3) is 0.692. The van der Waals surface area contributed by atoms with Crippen LogP contribution < -0.4 is 0 Å². The smallest absolute Gasteiger partial charge is 0.320 e. The van der Waals surface area contributed by atoms with Crippen LogP contribution in [-0.2, 0) is 28.5 Å². The molecule has 0 unspecified atom stereocenters. The van der Waals surface area contributed by atoms with E-state index in [1.807, 2.05) is 26.0 Å². The molecule has 0 radical (unpaired) electrons. The predicted molar refractivity (Wildman–Crippen MR) is 127 cm³/mol. The summed E-state index contributed by atoms with van der Waals surface area (Å²) >= 11 is 0. The number of allylic oxidation sites excluding steroid dienone is 2. The van der Waals surface area contributed by atoms with Crippen molar-refractivity contribution < 1.29 is 28.5 Å². The van der Waals surface area contributed by atoms with Gasteiger partial charge < -0.3 is 18.9 Å². The van der Waals surface area contributed by atoms with Crippen molar-refractivity contribution in [1.82, 2.24) is 0 Å². The molecule has 0 N–H and O–H groups in total. The Morgan fingerprint density at radius 1 is 0.781 bits per heavy atom. The molecule has 32 heavy (non-hydrogen) atoms. The van der Waals surface area contributed by atoms with Crippen LogP contribution >= 0.6 is 0 Å². The zero-order valence-electron chi connectivity index (χ0n) is 20.4. The lowest BCUT2D eigenvalue weighted by Gasteiger charge is -2.14. The molecular weight excluding hydrogens is 408 g/mol. The third-order valence-corrected chi connectivity index (χ3v) is 4.36. The molecule has 0 aromatic rings. The van der Waals surface area contributed by atoms with Gasteiger partial charge in [0.15, 0.2) is 5.92 Å². The van der Waals surface area contributed by atoms with Gasteiger partial charge >= 0.3 is 11.9 Å². The maximum absolute atomic E-state index is 12.5. The van der Waals surface area contributed by atoms with Crippen LogP contribution in [0.3, 0.4) is 0 Å². The molecular formula is C26H42O6. The highest BCUT2D eigenvalue weighted by atomic mass is 16.7. The van der Waals surface area contributed by atoms with E-state index in [1.54, 1.807) is 12.2 Å². The molecule has 0 aliphatic heterocycles. The first-order valence-corrected chi connectivity index (χ1v) is 11.9. The lowest BCUT2D eigenvalue weighted by molar-refractivity contribution is -0.161. The van der Waals surface area contributed by atoms with E-state index < -0.39 is 24.1 Å². The van der Waals surface area contributed by atoms with Crippen molar-refractivity contribution in [2.45, 2.75) is 85.4 Å². The summed E-state index contributed by atoms with van der Waals surface area (Å²) in [6.45, 7) is 9.35. The lowest BCUT2D eigenvalue weighted by atomic mass is 10.0. The Morgan fingerprint density at radius 2 is 1.31 bits per heavy atom. The van der Waals surface area contributed by atoms with Crippen LogP contribution in [0.5, 0.6) is 0 Å². The summed E-state index contributed by atoms with van der Waals surface area (Å²) < 4.78 is 21.3. The molecule has 0 heterocycles. The number of esters is 2. The standard InChI is InChI=1S/C26H42O6/c1-5-9-11-17-21-31-25(27)23(26(28)32-22-18-12-10-6-2)19-15-13-14-16-20-24(29-7-3)30-8-4/h11-12,17-18,23-24H,5-10,13-15,19,21-22H2,1-4H3/b17-11+,18-12+. The van der Waals surface area contributed by atoms with E-state index >= 15 is 0 Å². The van der Waals surface area contributed by atoms with Crippen molar-refractivity contribution in [3.8, 4) is 11.8 Å². The summed E-state index contributed by atoms with van der Waals surface area (Å²) in [5, 5.41) is 0. The molecule has 0 amide bonds. The van der Waals surface area contributed by atoms with Crippen LogP contribution in [0.1, 0.15) is 79.1 Å². The molecule has 0 bridgehead atoms. The monoisotopic (exact) mass is 450 g/mol. The summed E-state index contributed by atoms with van der Waals surface area (Å²) in [5.74, 6) is 4.01. The quantitative estimate of drug-likeness (QED) is 0.0699. The first-order chi connectivity index (χ1) is 15.6. The fourth-order valence-corrected chi connectivity index (χ4v) is 2.65. The highest BCUT2D eigenvalue weighted by Crippen LogP contribution is 2.14. The van der Waals surface area contributed by atoms with Gasteiger partial charge in [-0.2, -0.15) is 0 Å². The number of carbonyl (C=O) groups excluding carboxylic acids is 2. The largest absolute Gasteiger partial charge is 0.461 e. The van der Waals surface area contributed by atoms with Gasteiger partial charge in [0, 0.05) is 19.6 Å². The summed E-state index contributed by atoms with van der Waals surface area (Å²) in [4.78, 5) is 24.9. The summed E-state index contributed by atoms with van der Waals surface area (Å²) in [7, 11) is 0. The van der Waals surface area contributed by atoms with Gasteiger partial charge in [-0.05, 0) is 45.5 Å². The van der Waals surface area contributed by atoms with Gasteiger partial charge in [-0.1, -0.05) is 63.3 Å². The Hall–Kier alpha value is -2.10. The molecule has 0 spiro atoms. The zero-order chi connectivity index (χ0) is 23.9. The van der Waals surface area contributed by atoms with Crippen LogP contribution in [0, 0.1) is 17.8 Å². The lowest BCUT2D eigenvalue weighted by Crippen LogP contribution is -2.28. The summed E-state index contributed by atoms with van der Waals surface area (Å²) in [6.07, 6.45) is 13.4. The number of rotatable bonds is 18. The SMILES string of the molecule is CCC/C=C/COC(=O)C(CCCCC#CC(OCC)OCC)C(=O)OC/C=C/CCC. The van der Waals surface area contributed by atoms with E-state index in [1.165, 1.54) is 0 Å². The predicted octanol–water partition coefficient (Wildman–Crippen LogP) is 5.36. The molecule has 6 nitrogen and oxygen atoms in total. The van der Waals surface area contributed by atoms with Crippen molar-refractivity contribution >= 4 is 11.9 Å². The molecule has 0 aromatic heterocycles. The van der Waals surface area contributed by atoms with Crippen molar-refractivity contribution in [3.63, 3.8) is 0 Å². The number of ether oxygens (including phenoxy) is 4. The Morgan fingerprint density at radius 3 is 1.78 bits per heavy atom. The zero-order valence-corrected chi connectivity index (χ0v) is 20.4. The van der Waals surface area contributed by atoms with Gasteiger partial charge in [0.05, 0.1) is 0 Å². The second kappa shape index (κ2) is 22.1. The van der Waals surface area contributed by atoms with E-state index in [9.17, 15) is 9.59 Å². The van der Waals surface area contributed by atoms with Crippen LogP contribution in [0.15, 0.2) is 24.3 Å². The first kappa shape index (κ1) is 29.9. The minimum atomic E-state index is -0.915. The maximum Gasteiger partial charge on any atom is 0.320 e. The van der Waals surface area contributed by atoms with E-state index in [0.717, 1.165) is 32.1 Å². The molecule has 0 saturated heterocycles. The van der Waals surface area contributed by atoms with Crippen LogP contribution in [0.2, 0.25) is 0 Å². The Labute approximate surface area is 194 Å². The van der Waals surface area contributed by atoms with Gasteiger partial charge in [0.25, 0.3) is 0 Å².